The molecular formula is C14H12N2O6. The first-order valence-electron chi connectivity index (χ1n) is 6.46. The van der Waals surface area contributed by atoms with Crippen LogP contribution in [0, 0.1) is 10.1 Å². The van der Waals surface area contributed by atoms with E-state index in [-0.39, 0.29) is 25.7 Å². The number of rotatable bonds is 4. The number of hydrogen-bond donors (Lipinski definition) is 1. The lowest BCUT2D eigenvalue weighted by atomic mass is 10.1. The quantitative estimate of drug-likeness (QED) is 0.527. The van der Waals surface area contributed by atoms with Crippen molar-refractivity contribution in [2.75, 3.05) is 6.79 Å². The number of fused-ring (bicyclic) bond motifs is 1. The van der Waals surface area contributed by atoms with Crippen LogP contribution in [0.4, 0.5) is 5.69 Å². The maximum Gasteiger partial charge on any atom is 0.355 e. The number of non-ortho nitro benzene ring substituents is 1. The van der Waals surface area contributed by atoms with Gasteiger partial charge in [-0.1, -0.05) is 0 Å². The smallest absolute Gasteiger partial charge is 0.355 e. The van der Waals surface area contributed by atoms with Crippen molar-refractivity contribution in [1.29, 1.82) is 0 Å². The number of nitro benzene ring substituents is 1. The molecule has 0 fully saturated rings. The highest BCUT2D eigenvalue weighted by molar-refractivity contribution is 5.87. The Kier molecular flexibility index (Phi) is 3.75. The van der Waals surface area contributed by atoms with Crippen molar-refractivity contribution >= 4 is 11.7 Å². The van der Waals surface area contributed by atoms with Crippen LogP contribution in [-0.2, 0) is 22.7 Å². The van der Waals surface area contributed by atoms with Crippen molar-refractivity contribution in [2.24, 2.45) is 0 Å². The van der Waals surface area contributed by atoms with E-state index in [2.05, 4.69) is 4.98 Å². The van der Waals surface area contributed by atoms with Gasteiger partial charge in [0, 0.05) is 29.5 Å². The maximum atomic E-state index is 11.8. The van der Waals surface area contributed by atoms with Gasteiger partial charge in [-0.25, -0.2) is 4.79 Å². The van der Waals surface area contributed by atoms with Gasteiger partial charge in [-0.3, -0.25) is 10.1 Å². The topological polar surface area (TPSA) is 104 Å². The van der Waals surface area contributed by atoms with E-state index in [1.807, 2.05) is 0 Å². The molecule has 1 N–H and O–H groups in total. The molecule has 114 valence electrons. The lowest BCUT2D eigenvalue weighted by Gasteiger charge is -2.20. The van der Waals surface area contributed by atoms with Crippen LogP contribution in [0.2, 0.25) is 0 Å². The van der Waals surface area contributed by atoms with Gasteiger partial charge >= 0.3 is 5.97 Å². The lowest BCUT2D eigenvalue weighted by molar-refractivity contribution is -0.385. The molecular weight excluding hydrogens is 292 g/mol. The Morgan fingerprint density at radius 2 is 2.32 bits per heavy atom. The Bertz CT molecular complexity index is 710. The summed E-state index contributed by atoms with van der Waals surface area (Å²) in [4.78, 5) is 25.0. The fraction of sp³-hybridized carbons (Fsp3) is 0.214. The molecule has 0 atom stereocenters. The Morgan fingerprint density at radius 3 is 3.05 bits per heavy atom. The number of ether oxygens (including phenoxy) is 3. The predicted octanol–water partition coefficient (Wildman–Crippen LogP) is 2.15. The predicted molar refractivity (Wildman–Crippen MR) is 73.3 cm³/mol. The van der Waals surface area contributed by atoms with E-state index in [1.165, 1.54) is 12.1 Å². The van der Waals surface area contributed by atoms with E-state index in [0.717, 1.165) is 0 Å². The zero-order valence-electron chi connectivity index (χ0n) is 11.4. The number of aromatic nitrogens is 1. The Balaban J connectivity index is 1.84. The van der Waals surface area contributed by atoms with E-state index in [4.69, 9.17) is 14.2 Å². The average molecular weight is 304 g/mol. The Hall–Kier alpha value is -2.87. The highest BCUT2D eigenvalue weighted by atomic mass is 16.7. The molecule has 0 aliphatic carbocycles. The van der Waals surface area contributed by atoms with Gasteiger partial charge in [0.1, 0.15) is 18.1 Å². The minimum absolute atomic E-state index is 0.0579. The first-order valence-corrected chi connectivity index (χ1v) is 6.46. The number of carbonyl (C=O) groups is 1. The Morgan fingerprint density at radius 1 is 1.45 bits per heavy atom. The number of nitrogens with one attached hydrogen (secondary N) is 1. The zero-order chi connectivity index (χ0) is 15.5. The van der Waals surface area contributed by atoms with Crippen LogP contribution in [0.5, 0.6) is 5.75 Å². The first kappa shape index (κ1) is 14.1. The molecule has 2 heterocycles. The molecule has 0 unspecified atom stereocenters. The van der Waals surface area contributed by atoms with Gasteiger partial charge in [-0.05, 0) is 12.1 Å². The standard InChI is InChI=1S/C14H12N2O6/c17-14(12-2-1-3-15-12)21-7-10-5-11(16(18)19)4-9-6-20-8-22-13(9)10/h1-5,15H,6-8H2. The van der Waals surface area contributed by atoms with Gasteiger partial charge in [0.05, 0.1) is 11.5 Å². The molecule has 0 bridgehead atoms. The van der Waals surface area contributed by atoms with Crippen LogP contribution in [0.25, 0.3) is 0 Å². The third-order valence-electron chi connectivity index (χ3n) is 3.16. The van der Waals surface area contributed by atoms with Gasteiger partial charge in [-0.2, -0.15) is 0 Å². The average Bonchev–Trinajstić information content (AvgIpc) is 3.06. The van der Waals surface area contributed by atoms with Crippen LogP contribution in [0.15, 0.2) is 30.5 Å². The first-order chi connectivity index (χ1) is 10.6. The third kappa shape index (κ3) is 2.77. The molecule has 0 saturated heterocycles. The summed E-state index contributed by atoms with van der Waals surface area (Å²) < 4.78 is 15.6. The van der Waals surface area contributed by atoms with Crippen molar-refractivity contribution in [3.8, 4) is 5.75 Å². The minimum atomic E-state index is -0.544. The van der Waals surface area contributed by atoms with Crippen molar-refractivity contribution in [1.82, 2.24) is 4.98 Å². The molecule has 1 aromatic heterocycles. The summed E-state index contributed by atoms with van der Waals surface area (Å²) in [5.41, 5.74) is 1.21. The number of hydrogen-bond acceptors (Lipinski definition) is 6. The van der Waals surface area contributed by atoms with E-state index in [1.54, 1.807) is 18.3 Å². The Labute approximate surface area is 124 Å². The molecule has 0 saturated carbocycles. The second-order valence-corrected chi connectivity index (χ2v) is 4.62. The molecule has 22 heavy (non-hydrogen) atoms. The molecule has 1 aromatic carbocycles. The van der Waals surface area contributed by atoms with E-state index < -0.39 is 10.9 Å². The van der Waals surface area contributed by atoms with Gasteiger partial charge in [0.15, 0.2) is 6.79 Å². The summed E-state index contributed by atoms with van der Waals surface area (Å²) in [6, 6.07) is 5.98. The summed E-state index contributed by atoms with van der Waals surface area (Å²) in [5, 5.41) is 11.0. The van der Waals surface area contributed by atoms with E-state index >= 15 is 0 Å². The van der Waals surface area contributed by atoms with Crippen molar-refractivity contribution in [3.05, 3.63) is 57.4 Å². The molecule has 2 aromatic rings. The molecule has 8 heteroatoms. The van der Waals surface area contributed by atoms with Crippen LogP contribution in [0.3, 0.4) is 0 Å². The summed E-state index contributed by atoms with van der Waals surface area (Å²) in [5.74, 6) is -0.0755. The number of benzene rings is 1. The molecule has 1 aliphatic heterocycles. The minimum Gasteiger partial charge on any atom is -0.467 e. The highest BCUT2D eigenvalue weighted by Gasteiger charge is 2.22. The van der Waals surface area contributed by atoms with Crippen molar-refractivity contribution in [2.45, 2.75) is 13.2 Å². The second kappa shape index (κ2) is 5.86. The van der Waals surface area contributed by atoms with E-state index in [9.17, 15) is 14.9 Å². The molecule has 0 spiro atoms. The maximum absolute atomic E-state index is 11.8. The highest BCUT2D eigenvalue weighted by Crippen LogP contribution is 2.33. The number of nitrogens with zero attached hydrogens (tertiary/aromatic N) is 1. The van der Waals surface area contributed by atoms with Gasteiger partial charge in [-0.15, -0.1) is 0 Å². The summed E-state index contributed by atoms with van der Waals surface area (Å²) >= 11 is 0. The van der Waals surface area contributed by atoms with Crippen molar-refractivity contribution < 1.29 is 23.9 Å². The van der Waals surface area contributed by atoms with E-state index in [0.29, 0.717) is 22.6 Å². The molecule has 1 aliphatic rings. The summed E-state index contributed by atoms with van der Waals surface area (Å²) in [6.07, 6.45) is 1.60. The fourth-order valence-corrected chi connectivity index (χ4v) is 2.17. The van der Waals surface area contributed by atoms with Crippen LogP contribution >= 0.6 is 0 Å². The van der Waals surface area contributed by atoms with Gasteiger partial charge in [0.25, 0.3) is 5.69 Å². The summed E-state index contributed by atoms with van der Waals surface area (Å²) in [7, 11) is 0. The largest absolute Gasteiger partial charge is 0.467 e. The normalized spacial score (nSPS) is 13.1. The van der Waals surface area contributed by atoms with Gasteiger partial charge < -0.3 is 19.2 Å². The lowest BCUT2D eigenvalue weighted by Crippen LogP contribution is -2.15. The number of esters is 1. The second-order valence-electron chi connectivity index (χ2n) is 4.62. The number of aromatic amines is 1. The summed E-state index contributed by atoms with van der Waals surface area (Å²) in [6.45, 7) is 0.152. The zero-order valence-corrected chi connectivity index (χ0v) is 11.4. The SMILES string of the molecule is O=C(OCc1cc([N+](=O)[O-])cc2c1OCOC2)c1ccc[nH]1. The molecule has 8 nitrogen and oxygen atoms in total. The number of nitro groups is 1. The molecule has 3 rings (SSSR count). The van der Waals surface area contributed by atoms with Crippen LogP contribution in [-0.4, -0.2) is 22.7 Å². The third-order valence-corrected chi connectivity index (χ3v) is 3.16. The fourth-order valence-electron chi connectivity index (χ4n) is 2.17. The molecule has 0 radical (unpaired) electrons. The number of carbonyl (C=O) groups excluding carboxylic acids is 1. The van der Waals surface area contributed by atoms with Crippen molar-refractivity contribution in [3.63, 3.8) is 0 Å². The number of H-pyrrole nitrogens is 1. The van der Waals surface area contributed by atoms with Crippen LogP contribution in [0.1, 0.15) is 21.6 Å². The monoisotopic (exact) mass is 304 g/mol. The molecule has 0 amide bonds. The van der Waals surface area contributed by atoms with Gasteiger partial charge in [0.2, 0.25) is 0 Å². The van der Waals surface area contributed by atoms with Crippen LogP contribution < -0.4 is 4.74 Å².